The van der Waals surface area contributed by atoms with Gasteiger partial charge in [-0.3, -0.25) is 0 Å². The van der Waals surface area contributed by atoms with Crippen LogP contribution in [0, 0.1) is 0 Å². The lowest BCUT2D eigenvalue weighted by molar-refractivity contribution is -0.261. The Morgan fingerprint density at radius 3 is 2.56 bits per heavy atom. The summed E-state index contributed by atoms with van der Waals surface area (Å²) in [5.74, 6) is -3.25. The zero-order chi connectivity index (χ0) is 18.6. The molecule has 3 rings (SSSR count). The van der Waals surface area contributed by atoms with E-state index in [1.807, 2.05) is 6.26 Å². The zero-order valence-corrected chi connectivity index (χ0v) is 16.1. The van der Waals surface area contributed by atoms with Gasteiger partial charge in [0.15, 0.2) is 0 Å². The Morgan fingerprint density at radius 1 is 1.36 bits per heavy atom. The highest BCUT2D eigenvalue weighted by Crippen LogP contribution is 2.39. The molecule has 0 amide bonds. The summed E-state index contributed by atoms with van der Waals surface area (Å²) in [6.45, 7) is 1.56. The molecule has 0 spiro atoms. The van der Waals surface area contributed by atoms with E-state index in [2.05, 4.69) is 25.7 Å². The molecular weight excluding hydrogens is 414 g/mol. The van der Waals surface area contributed by atoms with E-state index in [1.54, 1.807) is 31.2 Å². The van der Waals surface area contributed by atoms with Gasteiger partial charge >= 0.3 is 17.9 Å². The molecule has 2 aliphatic heterocycles. The fourth-order valence-electron chi connectivity index (χ4n) is 2.44. The Balaban J connectivity index is 2.41. The van der Waals surface area contributed by atoms with Crippen LogP contribution < -0.4 is 10.5 Å². The molecule has 0 fully saturated rings. The Kier molecular flexibility index (Phi) is 6.47. The minimum atomic E-state index is -1.69. The highest BCUT2D eigenvalue weighted by atomic mass is 79.9. The number of nitrogens with two attached hydrogens (primary N) is 1. The number of thioether (sulfide) groups is 1. The second kappa shape index (κ2) is 8.20. The number of halogens is 1. The molecule has 0 saturated heterocycles. The zero-order valence-electron chi connectivity index (χ0n) is 13.7. The van der Waals surface area contributed by atoms with E-state index < -0.39 is 29.4 Å². The number of carbonyl (C=O) groups excluding carboxylic acids is 3. The smallest absolute Gasteiger partial charge is 0.365 e. The van der Waals surface area contributed by atoms with Gasteiger partial charge in [-0.25, -0.2) is 24.2 Å². The number of benzene rings is 1. The molecule has 7 nitrogen and oxygen atoms in total. The molecular formula is C16H18BrNO6S. The van der Waals surface area contributed by atoms with Crippen molar-refractivity contribution in [1.29, 1.82) is 0 Å². The third kappa shape index (κ3) is 4.34. The highest BCUT2D eigenvalue weighted by Gasteiger charge is 2.52. The summed E-state index contributed by atoms with van der Waals surface area (Å²) in [5, 5.41) is 0. The molecule has 3 atom stereocenters. The van der Waals surface area contributed by atoms with Crippen LogP contribution in [-0.2, 0) is 24.2 Å². The van der Waals surface area contributed by atoms with E-state index in [9.17, 15) is 14.4 Å². The van der Waals surface area contributed by atoms with Crippen LogP contribution in [0.4, 0.5) is 0 Å². The van der Waals surface area contributed by atoms with Crippen LogP contribution in [0.2, 0.25) is 0 Å². The molecule has 136 valence electrons. The van der Waals surface area contributed by atoms with Crippen molar-refractivity contribution in [1.82, 2.24) is 0 Å². The molecule has 9 heteroatoms. The molecule has 3 unspecified atom stereocenters. The molecule has 2 N–H and O–H groups in total. The maximum atomic E-state index is 12.6. The van der Waals surface area contributed by atoms with E-state index in [-0.39, 0.29) is 17.0 Å². The molecule has 1 aromatic carbocycles. The number of hydrogen-bond acceptors (Lipinski definition) is 8. The van der Waals surface area contributed by atoms with Crippen LogP contribution in [0.3, 0.4) is 0 Å². The number of esters is 1. The van der Waals surface area contributed by atoms with Gasteiger partial charge in [-0.05, 0) is 30.4 Å². The van der Waals surface area contributed by atoms with Crippen molar-refractivity contribution >= 4 is 45.6 Å². The van der Waals surface area contributed by atoms with Gasteiger partial charge in [0.05, 0.1) is 4.16 Å². The predicted octanol–water partition coefficient (Wildman–Crippen LogP) is 2.27. The minimum Gasteiger partial charge on any atom is -0.425 e. The quantitative estimate of drug-likeness (QED) is 0.249. The highest BCUT2D eigenvalue weighted by molar-refractivity contribution is 9.11. The largest absolute Gasteiger partial charge is 0.425 e. The third-order valence-electron chi connectivity index (χ3n) is 3.81. The van der Waals surface area contributed by atoms with Crippen molar-refractivity contribution in [3.8, 4) is 5.75 Å². The SMILES string of the molecule is CCC(=O)OOC(=O)C1c2ccc(cc2)OC(=O)C1(N)CC(Br)SC. The Bertz CT molecular complexity index is 667. The van der Waals surface area contributed by atoms with Crippen LogP contribution >= 0.6 is 27.7 Å². The summed E-state index contributed by atoms with van der Waals surface area (Å²) in [7, 11) is 0. The first kappa shape index (κ1) is 19.7. The first-order chi connectivity index (χ1) is 11.8. The standard InChI is InChI=1S/C16H18BrNO6S/c1-3-12(19)23-24-14(20)13-9-4-6-10(7-5-9)22-15(21)16(13,18)8-11(17)25-2/h4-7,11,13H,3,8,18H2,1-2H3. The summed E-state index contributed by atoms with van der Waals surface area (Å²) in [4.78, 5) is 45.6. The molecule has 0 saturated carbocycles. The van der Waals surface area contributed by atoms with Crippen LogP contribution in [0.1, 0.15) is 31.2 Å². The van der Waals surface area contributed by atoms with Crippen molar-refractivity contribution in [2.45, 2.75) is 35.4 Å². The lowest BCUT2D eigenvalue weighted by atomic mass is 9.77. The molecule has 25 heavy (non-hydrogen) atoms. The first-order valence-electron chi connectivity index (χ1n) is 7.51. The summed E-state index contributed by atoms with van der Waals surface area (Å²) >= 11 is 4.83. The number of fused-ring (bicyclic) bond motifs is 5. The summed E-state index contributed by atoms with van der Waals surface area (Å²) in [6.07, 6.45) is 1.98. The van der Waals surface area contributed by atoms with Crippen molar-refractivity contribution in [3.05, 3.63) is 29.8 Å². The van der Waals surface area contributed by atoms with Gasteiger partial charge in [-0.1, -0.05) is 35.0 Å². The fourth-order valence-corrected chi connectivity index (χ4v) is 3.41. The number of hydrogen-bond donors (Lipinski definition) is 1. The van der Waals surface area contributed by atoms with Crippen molar-refractivity contribution < 1.29 is 28.9 Å². The molecule has 2 heterocycles. The van der Waals surface area contributed by atoms with E-state index in [1.165, 1.54) is 11.8 Å². The minimum absolute atomic E-state index is 0.0401. The molecule has 2 aliphatic rings. The van der Waals surface area contributed by atoms with Gasteiger partial charge in [0.1, 0.15) is 17.2 Å². The molecule has 0 aromatic heterocycles. The van der Waals surface area contributed by atoms with Gasteiger partial charge in [-0.2, -0.15) is 11.8 Å². The van der Waals surface area contributed by atoms with Gasteiger partial charge in [0.2, 0.25) is 0 Å². The third-order valence-corrected chi connectivity index (χ3v) is 5.94. The average Bonchev–Trinajstić information content (AvgIpc) is 2.59. The van der Waals surface area contributed by atoms with Gasteiger partial charge in [0.25, 0.3) is 0 Å². The Hall–Kier alpha value is -1.58. The average molecular weight is 432 g/mol. The van der Waals surface area contributed by atoms with Crippen molar-refractivity contribution in [3.63, 3.8) is 0 Å². The van der Waals surface area contributed by atoms with Crippen LogP contribution in [0.15, 0.2) is 24.3 Å². The Labute approximate surface area is 157 Å². The maximum Gasteiger partial charge on any atom is 0.365 e. The topological polar surface area (TPSA) is 105 Å². The normalized spacial score (nSPS) is 23.2. The van der Waals surface area contributed by atoms with Crippen molar-refractivity contribution in [2.24, 2.45) is 5.73 Å². The predicted molar refractivity (Wildman–Crippen MR) is 95.1 cm³/mol. The van der Waals surface area contributed by atoms with E-state index in [4.69, 9.17) is 10.5 Å². The fraction of sp³-hybridized carbons (Fsp3) is 0.438. The van der Waals surface area contributed by atoms with Crippen LogP contribution in [0.25, 0.3) is 0 Å². The van der Waals surface area contributed by atoms with E-state index in [0.717, 1.165) is 0 Å². The number of alkyl halides is 1. The molecule has 2 bridgehead atoms. The lowest BCUT2D eigenvalue weighted by Gasteiger charge is -2.36. The monoisotopic (exact) mass is 431 g/mol. The van der Waals surface area contributed by atoms with Gasteiger partial charge in [-0.15, -0.1) is 0 Å². The second-order valence-electron chi connectivity index (χ2n) is 5.49. The lowest BCUT2D eigenvalue weighted by Crippen LogP contribution is -2.58. The number of ether oxygens (including phenoxy) is 1. The van der Waals surface area contributed by atoms with Gasteiger partial charge in [0, 0.05) is 6.42 Å². The molecule has 0 radical (unpaired) electrons. The Morgan fingerprint density at radius 2 is 2.00 bits per heavy atom. The summed E-state index contributed by atoms with van der Waals surface area (Å²) in [5.41, 5.74) is 5.14. The first-order valence-corrected chi connectivity index (χ1v) is 9.71. The summed E-state index contributed by atoms with van der Waals surface area (Å²) in [6, 6.07) is 6.37. The van der Waals surface area contributed by atoms with Gasteiger partial charge < -0.3 is 10.5 Å². The molecule has 0 aliphatic carbocycles. The summed E-state index contributed by atoms with van der Waals surface area (Å²) < 4.78 is 5.09. The number of carbonyl (C=O) groups is 3. The number of rotatable bonds is 5. The van der Waals surface area contributed by atoms with Crippen LogP contribution in [0.5, 0.6) is 5.75 Å². The maximum absolute atomic E-state index is 12.6. The van der Waals surface area contributed by atoms with Crippen LogP contribution in [-0.4, -0.2) is 33.9 Å². The van der Waals surface area contributed by atoms with E-state index in [0.29, 0.717) is 11.3 Å². The second-order valence-corrected chi connectivity index (χ2v) is 8.24. The van der Waals surface area contributed by atoms with Crippen molar-refractivity contribution in [2.75, 3.05) is 6.26 Å². The van der Waals surface area contributed by atoms with E-state index >= 15 is 0 Å². The molecule has 1 aromatic rings.